The number of hydrogen-bond acceptors (Lipinski definition) is 2. The van der Waals surface area contributed by atoms with Crippen molar-refractivity contribution < 1.29 is 4.43 Å². The summed E-state index contributed by atoms with van der Waals surface area (Å²) in [5.74, 6) is 0.757. The third-order valence-corrected chi connectivity index (χ3v) is 8.71. The molecule has 2 nitrogen and oxygen atoms in total. The minimum Gasteiger partial charge on any atom is -0.416 e. The maximum Gasteiger partial charge on any atom is 0.191 e. The van der Waals surface area contributed by atoms with Crippen molar-refractivity contribution in [3.05, 3.63) is 0 Å². The fourth-order valence-electron chi connectivity index (χ4n) is 1.95. The van der Waals surface area contributed by atoms with Crippen LogP contribution in [0.3, 0.4) is 0 Å². The van der Waals surface area contributed by atoms with Crippen LogP contribution in [0.2, 0.25) is 18.1 Å². The largest absolute Gasteiger partial charge is 0.416 e. The normalized spacial score (nSPS) is 24.8. The molecule has 96 valence electrons. The van der Waals surface area contributed by atoms with Crippen LogP contribution in [0.5, 0.6) is 0 Å². The molecule has 0 saturated carbocycles. The number of nitrogens with zero attached hydrogens (tertiary/aromatic N) is 1. The molecular formula is C13H29NOSi. The minimum atomic E-state index is -1.53. The smallest absolute Gasteiger partial charge is 0.191 e. The molecule has 0 spiro atoms. The summed E-state index contributed by atoms with van der Waals surface area (Å²) >= 11 is 0. The molecule has 0 N–H and O–H groups in total. The number of hydrogen-bond donors (Lipinski definition) is 0. The van der Waals surface area contributed by atoms with E-state index in [9.17, 15) is 0 Å². The summed E-state index contributed by atoms with van der Waals surface area (Å²) in [6.07, 6.45) is 2.68. The van der Waals surface area contributed by atoms with Crippen molar-refractivity contribution in [3.8, 4) is 0 Å². The van der Waals surface area contributed by atoms with E-state index < -0.39 is 8.32 Å². The van der Waals surface area contributed by atoms with Crippen molar-refractivity contribution in [2.45, 2.75) is 51.7 Å². The quantitative estimate of drug-likeness (QED) is 0.705. The first-order chi connectivity index (χ1) is 7.22. The van der Waals surface area contributed by atoms with Gasteiger partial charge in [0, 0.05) is 13.2 Å². The van der Waals surface area contributed by atoms with Gasteiger partial charge >= 0.3 is 0 Å². The van der Waals surface area contributed by atoms with Crippen LogP contribution >= 0.6 is 0 Å². The Hall–Kier alpha value is 0.137. The van der Waals surface area contributed by atoms with Gasteiger partial charge in [-0.25, -0.2) is 0 Å². The first-order valence-electron chi connectivity index (χ1n) is 6.55. The third-order valence-electron chi connectivity index (χ3n) is 4.21. The van der Waals surface area contributed by atoms with Crippen LogP contribution in [0.25, 0.3) is 0 Å². The van der Waals surface area contributed by atoms with E-state index in [1.807, 2.05) is 0 Å². The average molecular weight is 243 g/mol. The van der Waals surface area contributed by atoms with E-state index in [2.05, 4.69) is 45.8 Å². The van der Waals surface area contributed by atoms with Gasteiger partial charge in [0.05, 0.1) is 0 Å². The molecule has 1 saturated heterocycles. The number of likely N-dealkylation sites (tertiary alicyclic amines) is 1. The van der Waals surface area contributed by atoms with E-state index in [0.29, 0.717) is 5.04 Å². The van der Waals surface area contributed by atoms with Crippen LogP contribution in [0.1, 0.15) is 33.6 Å². The molecule has 1 aliphatic heterocycles. The van der Waals surface area contributed by atoms with Crippen molar-refractivity contribution >= 4 is 8.32 Å². The predicted octanol–water partition coefficient (Wildman–Crippen LogP) is 3.35. The Kier molecular flexibility index (Phi) is 4.61. The SMILES string of the molecule is CN1CCCC(CO[Si](C)(C)C(C)(C)C)C1. The zero-order valence-corrected chi connectivity index (χ0v) is 13.0. The minimum absolute atomic E-state index is 0.341. The van der Waals surface area contributed by atoms with Crippen molar-refractivity contribution in [3.63, 3.8) is 0 Å². The molecule has 0 aromatic heterocycles. The van der Waals surface area contributed by atoms with Crippen LogP contribution in [0.4, 0.5) is 0 Å². The van der Waals surface area contributed by atoms with Crippen LogP contribution < -0.4 is 0 Å². The Morgan fingerprint density at radius 2 is 1.94 bits per heavy atom. The van der Waals surface area contributed by atoms with E-state index in [4.69, 9.17) is 4.43 Å². The molecule has 0 radical (unpaired) electrons. The lowest BCUT2D eigenvalue weighted by Gasteiger charge is -2.38. The highest BCUT2D eigenvalue weighted by Crippen LogP contribution is 2.37. The molecule has 1 aliphatic rings. The third kappa shape index (κ3) is 3.86. The predicted molar refractivity (Wildman–Crippen MR) is 73.4 cm³/mol. The van der Waals surface area contributed by atoms with E-state index in [1.54, 1.807) is 0 Å². The molecule has 0 aromatic carbocycles. The molecule has 1 atom stereocenters. The van der Waals surface area contributed by atoms with Gasteiger partial charge in [0.15, 0.2) is 8.32 Å². The van der Waals surface area contributed by atoms with Gasteiger partial charge in [0.25, 0.3) is 0 Å². The highest BCUT2D eigenvalue weighted by molar-refractivity contribution is 6.74. The van der Waals surface area contributed by atoms with Gasteiger partial charge in [0.1, 0.15) is 0 Å². The topological polar surface area (TPSA) is 12.5 Å². The van der Waals surface area contributed by atoms with Gasteiger partial charge in [-0.3, -0.25) is 0 Å². The van der Waals surface area contributed by atoms with E-state index in [1.165, 1.54) is 25.9 Å². The van der Waals surface area contributed by atoms with Crippen LogP contribution in [-0.4, -0.2) is 40.0 Å². The standard InChI is InChI=1S/C13H29NOSi/c1-13(2,3)16(5,6)15-11-12-8-7-9-14(4)10-12/h12H,7-11H2,1-6H3. The zero-order valence-electron chi connectivity index (χ0n) is 12.0. The summed E-state index contributed by atoms with van der Waals surface area (Å²) in [4.78, 5) is 2.43. The Bertz CT molecular complexity index is 222. The molecule has 0 amide bonds. The molecular weight excluding hydrogens is 214 g/mol. The van der Waals surface area contributed by atoms with Crippen molar-refractivity contribution in [1.29, 1.82) is 0 Å². The van der Waals surface area contributed by atoms with Crippen molar-refractivity contribution in [2.24, 2.45) is 5.92 Å². The summed E-state index contributed by atoms with van der Waals surface area (Å²) in [5, 5.41) is 0.341. The second-order valence-corrected chi connectivity index (χ2v) is 11.7. The Morgan fingerprint density at radius 3 is 2.44 bits per heavy atom. The Labute approximate surface area is 102 Å². The van der Waals surface area contributed by atoms with Gasteiger partial charge in [-0.2, -0.15) is 0 Å². The first-order valence-corrected chi connectivity index (χ1v) is 9.46. The lowest BCUT2D eigenvalue weighted by molar-refractivity contribution is 0.142. The van der Waals surface area contributed by atoms with Crippen LogP contribution in [0, 0.1) is 5.92 Å². The second kappa shape index (κ2) is 5.19. The molecule has 0 aromatic rings. The Balaban J connectivity index is 2.39. The summed E-state index contributed by atoms with van der Waals surface area (Å²) in [5.41, 5.74) is 0. The van der Waals surface area contributed by atoms with E-state index >= 15 is 0 Å². The molecule has 16 heavy (non-hydrogen) atoms. The van der Waals surface area contributed by atoms with Crippen LogP contribution in [0.15, 0.2) is 0 Å². The molecule has 1 fully saturated rings. The number of piperidine rings is 1. The van der Waals surface area contributed by atoms with Crippen LogP contribution in [-0.2, 0) is 4.43 Å². The van der Waals surface area contributed by atoms with E-state index in [-0.39, 0.29) is 0 Å². The summed E-state index contributed by atoms with van der Waals surface area (Å²) in [6, 6.07) is 0. The van der Waals surface area contributed by atoms with Gasteiger partial charge in [-0.1, -0.05) is 20.8 Å². The van der Waals surface area contributed by atoms with Gasteiger partial charge in [-0.05, 0) is 50.5 Å². The van der Waals surface area contributed by atoms with Gasteiger partial charge < -0.3 is 9.33 Å². The molecule has 0 bridgehead atoms. The molecule has 0 aliphatic carbocycles. The van der Waals surface area contributed by atoms with Crippen molar-refractivity contribution in [2.75, 3.05) is 26.7 Å². The fraction of sp³-hybridized carbons (Fsp3) is 1.00. The molecule has 1 rings (SSSR count). The average Bonchev–Trinajstić information content (AvgIpc) is 2.13. The Morgan fingerprint density at radius 1 is 1.31 bits per heavy atom. The number of rotatable bonds is 3. The second-order valence-electron chi connectivity index (χ2n) is 6.84. The summed E-state index contributed by atoms with van der Waals surface area (Å²) < 4.78 is 6.29. The molecule has 1 heterocycles. The maximum atomic E-state index is 6.29. The van der Waals surface area contributed by atoms with Crippen molar-refractivity contribution in [1.82, 2.24) is 4.90 Å². The molecule has 1 unspecified atom stereocenters. The first kappa shape index (κ1) is 14.2. The summed E-state index contributed by atoms with van der Waals surface area (Å²) in [6.45, 7) is 15.1. The lowest BCUT2D eigenvalue weighted by atomic mass is 10.00. The monoisotopic (exact) mass is 243 g/mol. The lowest BCUT2D eigenvalue weighted by Crippen LogP contribution is -2.43. The van der Waals surface area contributed by atoms with Gasteiger partial charge in [-0.15, -0.1) is 0 Å². The van der Waals surface area contributed by atoms with E-state index in [0.717, 1.165) is 12.5 Å². The maximum absolute atomic E-state index is 6.29. The molecule has 3 heteroatoms. The fourth-order valence-corrected chi connectivity index (χ4v) is 3.04. The summed E-state index contributed by atoms with van der Waals surface area (Å²) in [7, 11) is 0.691. The van der Waals surface area contributed by atoms with Gasteiger partial charge in [0.2, 0.25) is 0 Å². The highest BCUT2D eigenvalue weighted by atomic mass is 28.4. The zero-order chi connectivity index (χ0) is 12.4. The highest BCUT2D eigenvalue weighted by Gasteiger charge is 2.37.